The van der Waals surface area contributed by atoms with E-state index in [1.165, 1.54) is 315 Å². The molecule has 1 aliphatic heterocycles. The monoisotopic (exact) mass is 1290 g/mol. The summed E-state index contributed by atoms with van der Waals surface area (Å²) in [5.74, 6) is -0.704. The van der Waals surface area contributed by atoms with E-state index in [9.17, 15) is 40.5 Å². The molecule has 91 heavy (non-hydrogen) atoms. The molecule has 0 radical (unpaired) electrons. The Kier molecular flexibility index (Phi) is 65.5. The largest absolute Gasteiger partial charge is 0.394 e. The van der Waals surface area contributed by atoms with Crippen LogP contribution in [0.15, 0.2) is 36.5 Å². The zero-order valence-corrected chi connectivity index (χ0v) is 59.9. The molecule has 1 saturated heterocycles. The van der Waals surface area contributed by atoms with Gasteiger partial charge < -0.3 is 50.5 Å². The third kappa shape index (κ3) is 55.1. The number of aliphatic hydroxyl groups is 7. The lowest BCUT2D eigenvalue weighted by atomic mass is 9.98. The highest BCUT2D eigenvalue weighted by atomic mass is 16.7. The average molecular weight is 1290 g/mol. The smallest absolute Gasteiger partial charge is 0.249 e. The number of aliphatic hydroxyl groups excluding tert-OH is 7. The topological polar surface area (TPSA) is 189 Å². The Balaban J connectivity index is 2.15. The number of hydrogen-bond donors (Lipinski definition) is 8. The van der Waals surface area contributed by atoms with Gasteiger partial charge in [0.25, 0.3) is 0 Å². The van der Waals surface area contributed by atoms with Crippen LogP contribution in [0.2, 0.25) is 0 Å². The van der Waals surface area contributed by atoms with Crippen molar-refractivity contribution in [3.05, 3.63) is 36.5 Å². The number of amides is 1. The number of unbranched alkanes of at least 4 members (excludes halogenated alkanes) is 53. The van der Waals surface area contributed by atoms with Crippen LogP contribution in [-0.4, -0.2) is 110 Å². The molecule has 1 rings (SSSR count). The highest BCUT2D eigenvalue weighted by Crippen LogP contribution is 2.24. The maximum absolute atomic E-state index is 13.3. The average Bonchev–Trinajstić information content (AvgIpc) is 1.05. The van der Waals surface area contributed by atoms with Gasteiger partial charge in [-0.1, -0.05) is 359 Å². The van der Waals surface area contributed by atoms with Crippen molar-refractivity contribution in [2.75, 3.05) is 13.2 Å². The first-order valence-corrected chi connectivity index (χ1v) is 39.9. The van der Waals surface area contributed by atoms with E-state index >= 15 is 0 Å². The molecule has 0 aliphatic carbocycles. The van der Waals surface area contributed by atoms with Crippen molar-refractivity contribution >= 4 is 5.91 Å². The number of hydrogen-bond acceptors (Lipinski definition) is 10. The molecule has 0 aromatic rings. The minimum absolute atomic E-state index is 0.248. The van der Waals surface area contributed by atoms with E-state index in [2.05, 4.69) is 55.6 Å². The van der Waals surface area contributed by atoms with Crippen molar-refractivity contribution in [2.45, 2.75) is 454 Å². The number of nitrogens with one attached hydrogen (secondary N) is 1. The van der Waals surface area contributed by atoms with Crippen molar-refractivity contribution in [1.82, 2.24) is 5.32 Å². The van der Waals surface area contributed by atoms with Crippen LogP contribution in [-0.2, 0) is 14.3 Å². The van der Waals surface area contributed by atoms with Crippen LogP contribution in [0, 0.1) is 0 Å². The van der Waals surface area contributed by atoms with Gasteiger partial charge in [-0.2, -0.15) is 0 Å². The van der Waals surface area contributed by atoms with E-state index in [0.717, 1.165) is 38.5 Å². The molecule has 11 nitrogen and oxygen atoms in total. The molecule has 9 unspecified atom stereocenters. The summed E-state index contributed by atoms with van der Waals surface area (Å²) < 4.78 is 11.2. The molecule has 0 saturated carbocycles. The number of ether oxygens (including phenoxy) is 2. The number of rotatable bonds is 71. The van der Waals surface area contributed by atoms with Gasteiger partial charge in [0.1, 0.15) is 36.6 Å². The molecule has 0 aromatic heterocycles. The molecule has 1 fully saturated rings. The van der Waals surface area contributed by atoms with E-state index in [4.69, 9.17) is 9.47 Å². The van der Waals surface area contributed by atoms with E-state index in [0.29, 0.717) is 19.3 Å². The van der Waals surface area contributed by atoms with Crippen LogP contribution < -0.4 is 5.32 Å². The number of carbonyl (C=O) groups is 1. The Hall–Kier alpha value is -1.67. The van der Waals surface area contributed by atoms with Gasteiger partial charge in [-0.15, -0.1) is 0 Å². The predicted molar refractivity (Wildman–Crippen MR) is 385 cm³/mol. The second-order valence-corrected chi connectivity index (χ2v) is 28.1. The molecule has 0 spiro atoms. The molecular formula is C80H153NO10. The summed E-state index contributed by atoms with van der Waals surface area (Å²) in [6.07, 6.45) is 78.4. The molecule has 0 bridgehead atoms. The minimum atomic E-state index is -1.67. The molecule has 9 atom stereocenters. The molecule has 11 heteroatoms. The summed E-state index contributed by atoms with van der Waals surface area (Å²) in [4.78, 5) is 13.3. The molecule has 0 aromatic carbocycles. The molecular weight excluding hydrogens is 1130 g/mol. The summed E-state index contributed by atoms with van der Waals surface area (Å²) in [6.45, 7) is 3.51. The Morgan fingerprint density at radius 3 is 0.978 bits per heavy atom. The Bertz CT molecular complexity index is 1580. The third-order valence-corrected chi connectivity index (χ3v) is 19.4. The maximum Gasteiger partial charge on any atom is 0.249 e. The van der Waals surface area contributed by atoms with Crippen molar-refractivity contribution in [2.24, 2.45) is 0 Å². The highest BCUT2D eigenvalue weighted by molar-refractivity contribution is 5.80. The lowest BCUT2D eigenvalue weighted by molar-refractivity contribution is -0.303. The quantitative estimate of drug-likeness (QED) is 0.0215. The highest BCUT2D eigenvalue weighted by Gasteiger charge is 2.44. The molecule has 8 N–H and O–H groups in total. The van der Waals surface area contributed by atoms with Gasteiger partial charge in [0.05, 0.1) is 25.4 Å². The third-order valence-electron chi connectivity index (χ3n) is 19.4. The molecule has 1 amide bonds. The number of allylic oxidation sites excluding steroid dienone is 6. The van der Waals surface area contributed by atoms with E-state index in [-0.39, 0.29) is 12.8 Å². The van der Waals surface area contributed by atoms with Crippen LogP contribution in [0.25, 0.3) is 0 Å². The predicted octanol–water partition coefficient (Wildman–Crippen LogP) is 20.5. The fourth-order valence-electron chi connectivity index (χ4n) is 13.0. The Morgan fingerprint density at radius 2 is 0.659 bits per heavy atom. The van der Waals surface area contributed by atoms with Gasteiger partial charge in [-0.05, 0) is 77.0 Å². The van der Waals surface area contributed by atoms with Crippen molar-refractivity contribution < 1.29 is 50.0 Å². The summed E-state index contributed by atoms with van der Waals surface area (Å²) in [6, 6.07) is -1.19. The SMILES string of the molecule is CCCCCCCCCCCCCCCCCC/C=C\CCCCCCCCCCCCCCCCCCC(O)C(=O)NC(COC1OC(CO)C(O)C(O)C1O)C(O)C(O)CCC/C=C/CC/C=C/CCCCCCCCCCCCCCCCCCCCC. The van der Waals surface area contributed by atoms with Gasteiger partial charge in [0, 0.05) is 0 Å². The summed E-state index contributed by atoms with van der Waals surface area (Å²) >= 11 is 0. The van der Waals surface area contributed by atoms with Crippen LogP contribution in [0.3, 0.4) is 0 Å². The van der Waals surface area contributed by atoms with Gasteiger partial charge in [-0.3, -0.25) is 4.79 Å². The normalized spacial score (nSPS) is 18.5. The maximum atomic E-state index is 13.3. The van der Waals surface area contributed by atoms with Gasteiger partial charge in [0.2, 0.25) is 5.91 Å². The van der Waals surface area contributed by atoms with Crippen molar-refractivity contribution in [1.29, 1.82) is 0 Å². The second kappa shape index (κ2) is 68.3. The van der Waals surface area contributed by atoms with Crippen molar-refractivity contribution in [3.8, 4) is 0 Å². The van der Waals surface area contributed by atoms with Crippen LogP contribution >= 0.6 is 0 Å². The van der Waals surface area contributed by atoms with E-state index < -0.39 is 74.2 Å². The zero-order valence-electron chi connectivity index (χ0n) is 59.9. The van der Waals surface area contributed by atoms with Gasteiger partial charge >= 0.3 is 0 Å². The fourth-order valence-corrected chi connectivity index (χ4v) is 13.0. The van der Waals surface area contributed by atoms with Gasteiger partial charge in [-0.25, -0.2) is 0 Å². The van der Waals surface area contributed by atoms with Crippen LogP contribution in [0.1, 0.15) is 399 Å². The van der Waals surface area contributed by atoms with Crippen LogP contribution in [0.4, 0.5) is 0 Å². The van der Waals surface area contributed by atoms with Crippen molar-refractivity contribution in [3.63, 3.8) is 0 Å². The summed E-state index contributed by atoms with van der Waals surface area (Å²) in [7, 11) is 0. The minimum Gasteiger partial charge on any atom is -0.394 e. The number of carbonyl (C=O) groups excluding carboxylic acids is 1. The Morgan fingerprint density at radius 1 is 0.374 bits per heavy atom. The first kappa shape index (κ1) is 87.3. The lowest BCUT2D eigenvalue weighted by Gasteiger charge is -2.40. The lowest BCUT2D eigenvalue weighted by Crippen LogP contribution is -2.60. The van der Waals surface area contributed by atoms with E-state index in [1.54, 1.807) is 0 Å². The van der Waals surface area contributed by atoms with Crippen LogP contribution in [0.5, 0.6) is 0 Å². The van der Waals surface area contributed by atoms with E-state index in [1.807, 2.05) is 0 Å². The zero-order chi connectivity index (χ0) is 66.0. The first-order valence-electron chi connectivity index (χ1n) is 39.9. The Labute approximate surface area is 562 Å². The standard InChI is InChI=1S/C80H153NO10/c1-3-5-7-9-11-13-15-17-19-21-23-25-27-29-31-33-34-35-36-37-38-39-40-42-44-46-48-50-52-54-56-58-60-62-64-66-68-73(84)79(89)81-71(70-90-80-78(88)77(87)76(86)74(69-82)91-80)75(85)72(83)67-65-63-61-59-57-55-53-51-49-47-45-43-41-32-30-28-26-24-22-20-18-16-14-12-10-8-6-4-2/h35-36,51,53,59,61,71-78,80,82-88H,3-34,37-50,52,54-58,60,62-70H2,1-2H3,(H,81,89)/b36-35-,53-51+,61-59+. The summed E-state index contributed by atoms with van der Waals surface area (Å²) in [5, 5.41) is 76.7. The second-order valence-electron chi connectivity index (χ2n) is 28.1. The first-order chi connectivity index (χ1) is 44.7. The summed E-state index contributed by atoms with van der Waals surface area (Å²) in [5.41, 5.74) is 0. The molecule has 1 aliphatic rings. The molecule has 1 heterocycles. The fraction of sp³-hybridized carbons (Fsp3) is 0.912. The van der Waals surface area contributed by atoms with Gasteiger partial charge in [0.15, 0.2) is 6.29 Å². The molecule has 538 valence electrons.